The van der Waals surface area contributed by atoms with Crippen molar-refractivity contribution < 1.29 is 9.18 Å². The van der Waals surface area contributed by atoms with Crippen LogP contribution in [0.3, 0.4) is 0 Å². The molecule has 0 amide bonds. The Kier molecular flexibility index (Phi) is 2.43. The summed E-state index contributed by atoms with van der Waals surface area (Å²) in [6.07, 6.45) is 0. The third-order valence-electron chi connectivity index (χ3n) is 1.72. The summed E-state index contributed by atoms with van der Waals surface area (Å²) in [5.74, 6) is 0. The number of hydrogen-bond acceptors (Lipinski definition) is 2. The first kappa shape index (κ1) is 8.71. The summed E-state index contributed by atoms with van der Waals surface area (Å²) in [5, 5.41) is 2.93. The molecule has 0 aliphatic heterocycles. The van der Waals surface area contributed by atoms with Crippen molar-refractivity contribution in [1.82, 2.24) is 0 Å². The second kappa shape index (κ2) is 3.34. The minimum absolute atomic E-state index is 0.103. The van der Waals surface area contributed by atoms with Crippen LogP contribution >= 0.6 is 0 Å². The van der Waals surface area contributed by atoms with Crippen molar-refractivity contribution >= 4 is 11.7 Å². The minimum atomic E-state index is -1.39. The second-order valence-electron chi connectivity index (χ2n) is 2.55. The Labute approximate surface area is 70.4 Å². The summed E-state index contributed by atoms with van der Waals surface area (Å²) in [6, 6.07) is 3.28. The van der Waals surface area contributed by atoms with Crippen LogP contribution in [0.5, 0.6) is 0 Å². The first-order chi connectivity index (χ1) is 5.65. The molecule has 0 saturated heterocycles. The van der Waals surface area contributed by atoms with E-state index in [-0.39, 0.29) is 5.56 Å². The molecule has 0 bridgehead atoms. The fourth-order valence-electron chi connectivity index (χ4n) is 1.07. The summed E-state index contributed by atoms with van der Waals surface area (Å²) in [6.45, 7) is 1.82. The van der Waals surface area contributed by atoms with E-state index in [1.165, 1.54) is 12.1 Å². The van der Waals surface area contributed by atoms with Gasteiger partial charge in [0.15, 0.2) is 0 Å². The van der Waals surface area contributed by atoms with Crippen molar-refractivity contribution in [2.24, 2.45) is 0 Å². The van der Waals surface area contributed by atoms with Gasteiger partial charge in [0.1, 0.15) is 0 Å². The molecule has 1 N–H and O–H groups in total. The topological polar surface area (TPSA) is 29.1 Å². The lowest BCUT2D eigenvalue weighted by molar-refractivity contribution is 0.0836. The van der Waals surface area contributed by atoms with Gasteiger partial charge in [-0.1, -0.05) is 0 Å². The zero-order valence-corrected chi connectivity index (χ0v) is 7.02. The van der Waals surface area contributed by atoms with Gasteiger partial charge in [0.05, 0.1) is 5.56 Å². The fourth-order valence-corrected chi connectivity index (χ4v) is 1.07. The fraction of sp³-hybridized carbons (Fsp3) is 0.222. The molecular weight excluding hydrogens is 157 g/mol. The molecular formula is C9H10FNO. The highest BCUT2D eigenvalue weighted by atomic mass is 19.1. The number of hydrogen-bond donors (Lipinski definition) is 1. The van der Waals surface area contributed by atoms with E-state index in [0.717, 1.165) is 11.3 Å². The lowest BCUT2D eigenvalue weighted by atomic mass is 10.1. The molecule has 1 aromatic carbocycles. The van der Waals surface area contributed by atoms with E-state index >= 15 is 0 Å². The molecule has 0 saturated carbocycles. The standard InChI is InChI=1S/C9H10FNO/c1-6-5-7(9(10)12)3-4-8(6)11-2/h3-5,11H,1-2H3. The molecule has 64 valence electrons. The van der Waals surface area contributed by atoms with Gasteiger partial charge in [0, 0.05) is 12.7 Å². The molecule has 0 heterocycles. The predicted octanol–water partition coefficient (Wildman–Crippen LogP) is 2.15. The van der Waals surface area contributed by atoms with Crippen molar-refractivity contribution in [3.05, 3.63) is 29.3 Å². The van der Waals surface area contributed by atoms with Gasteiger partial charge >= 0.3 is 6.04 Å². The van der Waals surface area contributed by atoms with E-state index in [1.807, 2.05) is 6.92 Å². The molecule has 0 atom stereocenters. The average molecular weight is 167 g/mol. The first-order valence-corrected chi connectivity index (χ1v) is 3.63. The number of carbonyl (C=O) groups excluding carboxylic acids is 1. The third kappa shape index (κ3) is 1.61. The zero-order chi connectivity index (χ0) is 9.14. The monoisotopic (exact) mass is 167 g/mol. The molecule has 1 rings (SSSR count). The van der Waals surface area contributed by atoms with Crippen LogP contribution in [-0.2, 0) is 0 Å². The molecule has 0 aliphatic rings. The Hall–Kier alpha value is -1.38. The smallest absolute Gasteiger partial charge is 0.332 e. The number of benzene rings is 1. The first-order valence-electron chi connectivity index (χ1n) is 3.63. The van der Waals surface area contributed by atoms with Crippen molar-refractivity contribution in [1.29, 1.82) is 0 Å². The zero-order valence-electron chi connectivity index (χ0n) is 7.02. The van der Waals surface area contributed by atoms with Crippen molar-refractivity contribution in [2.45, 2.75) is 6.92 Å². The number of aryl methyl sites for hydroxylation is 1. The van der Waals surface area contributed by atoms with Crippen LogP contribution < -0.4 is 5.32 Å². The summed E-state index contributed by atoms with van der Waals surface area (Å²) in [4.78, 5) is 10.3. The SMILES string of the molecule is CNc1ccc(C(=O)F)cc1C. The van der Waals surface area contributed by atoms with E-state index in [0.29, 0.717) is 0 Å². The van der Waals surface area contributed by atoms with Gasteiger partial charge in [-0.05, 0) is 30.7 Å². The highest BCUT2D eigenvalue weighted by Gasteiger charge is 2.04. The van der Waals surface area contributed by atoms with Crippen molar-refractivity contribution in [3.8, 4) is 0 Å². The Morgan fingerprint density at radius 1 is 1.50 bits per heavy atom. The summed E-state index contributed by atoms with van der Waals surface area (Å²) in [5.41, 5.74) is 1.87. The molecule has 2 nitrogen and oxygen atoms in total. The maximum absolute atomic E-state index is 12.2. The maximum Gasteiger partial charge on any atom is 0.332 e. The second-order valence-corrected chi connectivity index (χ2v) is 2.55. The Balaban J connectivity index is 3.10. The average Bonchev–Trinajstić information content (AvgIpc) is 2.04. The molecule has 1 aromatic rings. The molecule has 3 heteroatoms. The van der Waals surface area contributed by atoms with Crippen LogP contribution in [0.4, 0.5) is 10.1 Å². The van der Waals surface area contributed by atoms with Crippen LogP contribution in [0.25, 0.3) is 0 Å². The van der Waals surface area contributed by atoms with E-state index in [2.05, 4.69) is 5.32 Å². The molecule has 0 spiro atoms. The number of rotatable bonds is 2. The minimum Gasteiger partial charge on any atom is -0.388 e. The molecule has 12 heavy (non-hydrogen) atoms. The Morgan fingerprint density at radius 3 is 2.58 bits per heavy atom. The Morgan fingerprint density at radius 2 is 2.17 bits per heavy atom. The third-order valence-corrected chi connectivity index (χ3v) is 1.72. The quantitative estimate of drug-likeness (QED) is 0.684. The van der Waals surface area contributed by atoms with Gasteiger partial charge in [0.2, 0.25) is 0 Å². The van der Waals surface area contributed by atoms with Crippen molar-refractivity contribution in [3.63, 3.8) is 0 Å². The van der Waals surface area contributed by atoms with Crippen molar-refractivity contribution in [2.75, 3.05) is 12.4 Å². The number of halogens is 1. The van der Waals surface area contributed by atoms with Crippen LogP contribution in [-0.4, -0.2) is 13.1 Å². The molecule has 0 aromatic heterocycles. The van der Waals surface area contributed by atoms with Gasteiger partial charge in [-0.3, -0.25) is 4.79 Å². The molecule has 0 aliphatic carbocycles. The lowest BCUT2D eigenvalue weighted by Gasteiger charge is -2.04. The van der Waals surface area contributed by atoms with Gasteiger partial charge in [-0.25, -0.2) is 0 Å². The van der Waals surface area contributed by atoms with E-state index in [4.69, 9.17) is 0 Å². The summed E-state index contributed by atoms with van der Waals surface area (Å²) < 4.78 is 12.2. The number of nitrogens with one attached hydrogen (secondary N) is 1. The van der Waals surface area contributed by atoms with E-state index in [1.54, 1.807) is 13.1 Å². The van der Waals surface area contributed by atoms with Gasteiger partial charge in [-0.15, -0.1) is 0 Å². The van der Waals surface area contributed by atoms with Gasteiger partial charge in [0.25, 0.3) is 0 Å². The highest BCUT2D eigenvalue weighted by molar-refractivity contribution is 5.89. The van der Waals surface area contributed by atoms with Crippen LogP contribution in [0.1, 0.15) is 15.9 Å². The summed E-state index contributed by atoms with van der Waals surface area (Å²) in [7, 11) is 1.78. The number of carbonyl (C=O) groups is 1. The van der Waals surface area contributed by atoms with Crippen LogP contribution in [0.15, 0.2) is 18.2 Å². The summed E-state index contributed by atoms with van der Waals surface area (Å²) >= 11 is 0. The normalized spacial score (nSPS) is 9.58. The molecule has 0 unspecified atom stereocenters. The van der Waals surface area contributed by atoms with E-state index in [9.17, 15) is 9.18 Å². The largest absolute Gasteiger partial charge is 0.388 e. The van der Waals surface area contributed by atoms with Crippen LogP contribution in [0, 0.1) is 6.92 Å². The highest BCUT2D eigenvalue weighted by Crippen LogP contribution is 2.16. The predicted molar refractivity (Wildman–Crippen MR) is 46.2 cm³/mol. The maximum atomic E-state index is 12.2. The van der Waals surface area contributed by atoms with Gasteiger partial charge < -0.3 is 5.32 Å². The van der Waals surface area contributed by atoms with Crippen LogP contribution in [0.2, 0.25) is 0 Å². The van der Waals surface area contributed by atoms with Gasteiger partial charge in [-0.2, -0.15) is 4.39 Å². The molecule has 0 fully saturated rings. The number of anilines is 1. The lowest BCUT2D eigenvalue weighted by Crippen LogP contribution is -1.95. The molecule has 0 radical (unpaired) electrons. The Bertz CT molecular complexity index is 309. The van der Waals surface area contributed by atoms with E-state index < -0.39 is 6.04 Å².